The van der Waals surface area contributed by atoms with Crippen LogP contribution in [-0.4, -0.2) is 16.9 Å². The molecule has 1 fully saturated rings. The molecule has 3 rings (SSSR count). The van der Waals surface area contributed by atoms with Gasteiger partial charge in [0.2, 0.25) is 5.91 Å². The predicted octanol–water partition coefficient (Wildman–Crippen LogP) is 4.04. The second-order valence-corrected chi connectivity index (χ2v) is 8.08. The molecule has 26 heavy (non-hydrogen) atoms. The average Bonchev–Trinajstić information content (AvgIpc) is 3.00. The Morgan fingerprint density at radius 2 is 1.81 bits per heavy atom. The molecule has 0 radical (unpaired) electrons. The van der Waals surface area contributed by atoms with Gasteiger partial charge in [0.05, 0.1) is 0 Å². The van der Waals surface area contributed by atoms with Crippen LogP contribution in [-0.2, 0) is 10.2 Å². The van der Waals surface area contributed by atoms with Crippen molar-refractivity contribution in [2.45, 2.75) is 45.1 Å². The molecule has 1 saturated heterocycles. The fourth-order valence-electron chi connectivity index (χ4n) is 3.07. The van der Waals surface area contributed by atoms with Crippen molar-refractivity contribution in [2.24, 2.45) is 0 Å². The van der Waals surface area contributed by atoms with E-state index in [9.17, 15) is 9.59 Å². The molecular weight excluding hydrogens is 348 g/mol. The zero-order chi connectivity index (χ0) is 18.9. The molecule has 136 valence electrons. The molecule has 0 aliphatic carbocycles. The fourth-order valence-corrected chi connectivity index (χ4v) is 3.18. The summed E-state index contributed by atoms with van der Waals surface area (Å²) in [6.45, 7) is 6.51. The van der Waals surface area contributed by atoms with E-state index in [-0.39, 0.29) is 27.9 Å². The van der Waals surface area contributed by atoms with Crippen LogP contribution in [0.15, 0.2) is 47.3 Å². The number of aromatic amines is 1. The lowest BCUT2D eigenvalue weighted by molar-refractivity contribution is -0.119. The van der Waals surface area contributed by atoms with E-state index in [1.54, 1.807) is 12.1 Å². The van der Waals surface area contributed by atoms with Crippen LogP contribution < -0.4 is 10.9 Å². The number of benzene rings is 1. The summed E-state index contributed by atoms with van der Waals surface area (Å²) in [5.74, 6) is 0.0540. The molecule has 0 bridgehead atoms. The number of carbonyl (C=O) groups is 1. The Balaban J connectivity index is 2.05. The van der Waals surface area contributed by atoms with E-state index in [1.807, 2.05) is 6.08 Å². The van der Waals surface area contributed by atoms with E-state index in [0.717, 1.165) is 17.6 Å². The van der Waals surface area contributed by atoms with Crippen LogP contribution in [0.5, 0.6) is 0 Å². The van der Waals surface area contributed by atoms with Gasteiger partial charge in [-0.1, -0.05) is 62.7 Å². The smallest absolute Gasteiger partial charge is 0.267 e. The van der Waals surface area contributed by atoms with Gasteiger partial charge in [-0.25, -0.2) is 0 Å². The van der Waals surface area contributed by atoms with E-state index in [1.165, 1.54) is 5.56 Å². The summed E-state index contributed by atoms with van der Waals surface area (Å²) in [5.41, 5.74) is 3.53. The minimum atomic E-state index is -0.322. The number of hydrogen-bond donors (Lipinski definition) is 2. The Bertz CT molecular complexity index is 905. The summed E-state index contributed by atoms with van der Waals surface area (Å²) in [6, 6.07) is 11.7. The fraction of sp³-hybridized carbons (Fsp3) is 0.333. The van der Waals surface area contributed by atoms with Crippen LogP contribution in [0, 0.1) is 0 Å². The Hall–Kier alpha value is -2.33. The molecule has 1 aliphatic rings. The Kier molecular flexibility index (Phi) is 5.05. The van der Waals surface area contributed by atoms with Gasteiger partial charge < -0.3 is 10.3 Å². The van der Waals surface area contributed by atoms with E-state index in [0.29, 0.717) is 12.1 Å². The Morgan fingerprint density at radius 3 is 2.35 bits per heavy atom. The van der Waals surface area contributed by atoms with Gasteiger partial charge in [-0.05, 0) is 35.1 Å². The number of rotatable bonds is 3. The van der Waals surface area contributed by atoms with Crippen molar-refractivity contribution in [3.8, 4) is 0 Å². The van der Waals surface area contributed by atoms with Crippen LogP contribution in [0.3, 0.4) is 0 Å². The summed E-state index contributed by atoms with van der Waals surface area (Å²) in [4.78, 5) is 26.3. The van der Waals surface area contributed by atoms with Gasteiger partial charge >= 0.3 is 0 Å². The zero-order valence-corrected chi connectivity index (χ0v) is 16.0. The number of aromatic nitrogens is 1. The van der Waals surface area contributed by atoms with Gasteiger partial charge in [-0.3, -0.25) is 9.59 Å². The first-order chi connectivity index (χ1) is 12.2. The lowest BCUT2D eigenvalue weighted by Gasteiger charge is -2.20. The van der Waals surface area contributed by atoms with Crippen molar-refractivity contribution >= 4 is 23.1 Å². The van der Waals surface area contributed by atoms with Crippen molar-refractivity contribution in [1.29, 1.82) is 0 Å². The second kappa shape index (κ2) is 7.12. The van der Waals surface area contributed by atoms with E-state index < -0.39 is 0 Å². The standard InChI is InChI=1S/C21H23ClN2O2/c1-21(2,3)14-6-4-13(5-7-14)16(12-15-8-11-19(25)23-15)18-10-9-17(22)20(26)24-18/h4-7,9-10,12,15H,8,11H2,1-3H3,(H,23,25)(H,24,26)/b16-12+/t15-/m1/s1. The molecule has 1 amide bonds. The van der Waals surface area contributed by atoms with Gasteiger partial charge in [0.25, 0.3) is 5.56 Å². The number of halogens is 1. The molecule has 1 aromatic carbocycles. The lowest BCUT2D eigenvalue weighted by Crippen LogP contribution is -2.23. The monoisotopic (exact) mass is 370 g/mol. The highest BCUT2D eigenvalue weighted by atomic mass is 35.5. The topological polar surface area (TPSA) is 62.0 Å². The molecule has 0 saturated carbocycles. The quantitative estimate of drug-likeness (QED) is 0.856. The van der Waals surface area contributed by atoms with Crippen molar-refractivity contribution in [1.82, 2.24) is 10.3 Å². The highest BCUT2D eigenvalue weighted by Gasteiger charge is 2.21. The van der Waals surface area contributed by atoms with Gasteiger partial charge in [0.1, 0.15) is 5.02 Å². The maximum atomic E-state index is 12.0. The molecule has 2 aromatic rings. The van der Waals surface area contributed by atoms with Crippen molar-refractivity contribution in [2.75, 3.05) is 0 Å². The molecule has 0 unspecified atom stereocenters. The first kappa shape index (κ1) is 18.5. The molecular formula is C21H23ClN2O2. The SMILES string of the molecule is CC(C)(C)c1ccc(/C(=C\[C@H]2CCC(=O)N2)c2ccc(Cl)c(=O)[nH]2)cc1. The Labute approximate surface area is 158 Å². The normalized spacial score (nSPS) is 18.1. The van der Waals surface area contributed by atoms with Crippen molar-refractivity contribution in [3.63, 3.8) is 0 Å². The van der Waals surface area contributed by atoms with Gasteiger partial charge in [0.15, 0.2) is 0 Å². The second-order valence-electron chi connectivity index (χ2n) is 7.67. The first-order valence-corrected chi connectivity index (χ1v) is 9.13. The molecule has 4 nitrogen and oxygen atoms in total. The highest BCUT2D eigenvalue weighted by Crippen LogP contribution is 2.28. The largest absolute Gasteiger partial charge is 0.350 e. The highest BCUT2D eigenvalue weighted by molar-refractivity contribution is 6.30. The van der Waals surface area contributed by atoms with Crippen LogP contribution in [0.25, 0.3) is 5.57 Å². The van der Waals surface area contributed by atoms with Crippen LogP contribution in [0.1, 0.15) is 50.4 Å². The third-order valence-corrected chi connectivity index (χ3v) is 4.91. The average molecular weight is 371 g/mol. The molecule has 2 heterocycles. The summed E-state index contributed by atoms with van der Waals surface area (Å²) >= 11 is 5.87. The minimum Gasteiger partial charge on any atom is -0.350 e. The summed E-state index contributed by atoms with van der Waals surface area (Å²) in [5, 5.41) is 3.11. The van der Waals surface area contributed by atoms with Crippen molar-refractivity contribution < 1.29 is 4.79 Å². The Morgan fingerprint density at radius 1 is 1.12 bits per heavy atom. The van der Waals surface area contributed by atoms with Crippen LogP contribution >= 0.6 is 11.6 Å². The summed E-state index contributed by atoms with van der Waals surface area (Å²) in [7, 11) is 0. The minimum absolute atomic E-state index is 0.0426. The predicted molar refractivity (Wildman–Crippen MR) is 105 cm³/mol. The lowest BCUT2D eigenvalue weighted by atomic mass is 9.86. The van der Waals surface area contributed by atoms with Gasteiger partial charge in [-0.2, -0.15) is 0 Å². The maximum absolute atomic E-state index is 12.0. The van der Waals surface area contributed by atoms with E-state index in [2.05, 4.69) is 55.3 Å². The number of carbonyl (C=O) groups excluding carboxylic acids is 1. The molecule has 1 aromatic heterocycles. The number of nitrogens with one attached hydrogen (secondary N) is 2. The summed E-state index contributed by atoms with van der Waals surface area (Å²) < 4.78 is 0. The number of amides is 1. The number of H-pyrrole nitrogens is 1. The van der Waals surface area contributed by atoms with Crippen molar-refractivity contribution in [3.05, 3.63) is 74.7 Å². The maximum Gasteiger partial charge on any atom is 0.267 e. The molecule has 0 spiro atoms. The van der Waals surface area contributed by atoms with Gasteiger partial charge in [-0.15, -0.1) is 0 Å². The molecule has 5 heteroatoms. The number of hydrogen-bond acceptors (Lipinski definition) is 2. The van der Waals surface area contributed by atoms with E-state index >= 15 is 0 Å². The van der Waals surface area contributed by atoms with E-state index in [4.69, 9.17) is 11.6 Å². The summed E-state index contributed by atoms with van der Waals surface area (Å²) in [6.07, 6.45) is 3.28. The molecule has 1 atom stereocenters. The first-order valence-electron chi connectivity index (χ1n) is 8.75. The third kappa shape index (κ3) is 4.07. The van der Waals surface area contributed by atoms with Crippen LogP contribution in [0.4, 0.5) is 0 Å². The van der Waals surface area contributed by atoms with Crippen LogP contribution in [0.2, 0.25) is 5.02 Å². The number of pyridine rings is 1. The zero-order valence-electron chi connectivity index (χ0n) is 15.2. The third-order valence-electron chi connectivity index (χ3n) is 4.61. The van der Waals surface area contributed by atoms with Gasteiger partial charge in [0, 0.05) is 23.7 Å². The molecule has 2 N–H and O–H groups in total. The molecule has 1 aliphatic heterocycles.